The van der Waals surface area contributed by atoms with Crippen molar-refractivity contribution < 1.29 is 28.5 Å². The summed E-state index contributed by atoms with van der Waals surface area (Å²) in [6, 6.07) is 11.6. The van der Waals surface area contributed by atoms with Gasteiger partial charge in [0.05, 0.1) is 13.0 Å². The van der Waals surface area contributed by atoms with Crippen molar-refractivity contribution >= 4 is 34.5 Å². The molecule has 0 heterocycles. The summed E-state index contributed by atoms with van der Waals surface area (Å²) in [6.45, 7) is 3.39. The number of hydrogen-bond donors (Lipinski definition) is 0. The molecular formula is C21H23ClO6. The minimum atomic E-state index is -0.855. The number of halogens is 1. The van der Waals surface area contributed by atoms with E-state index in [2.05, 4.69) is 4.74 Å². The Morgan fingerprint density at radius 3 is 2.32 bits per heavy atom. The number of benzene rings is 2. The zero-order valence-corrected chi connectivity index (χ0v) is 16.8. The van der Waals surface area contributed by atoms with E-state index in [9.17, 15) is 9.59 Å². The summed E-state index contributed by atoms with van der Waals surface area (Å²) in [4.78, 5) is 23.4. The Bertz CT molecular complexity index is 846. The van der Waals surface area contributed by atoms with Crippen molar-refractivity contribution in [1.29, 1.82) is 0 Å². The van der Waals surface area contributed by atoms with E-state index in [0.29, 0.717) is 0 Å². The van der Waals surface area contributed by atoms with Gasteiger partial charge in [0.1, 0.15) is 19.0 Å². The number of rotatable bonds is 8. The van der Waals surface area contributed by atoms with Gasteiger partial charge in [0, 0.05) is 0 Å². The van der Waals surface area contributed by atoms with Crippen molar-refractivity contribution in [2.75, 3.05) is 20.3 Å². The number of methoxy groups -OCH3 is 1. The zero-order valence-electron chi connectivity index (χ0n) is 16.0. The van der Waals surface area contributed by atoms with Crippen molar-refractivity contribution in [3.8, 4) is 5.75 Å². The standard InChI is InChI=1S/C21H23ClO6/c1-14(16-6-7-18-13-19(25-3)9-8-17(18)12-16)20(23)26-10-4-5-11-27-21(24)28-15(2)22/h4-9,12-15H,10-11H2,1-3H3/b5-4-/t14-,15?/m0/s1. The van der Waals surface area contributed by atoms with Crippen LogP contribution in [-0.4, -0.2) is 38.0 Å². The summed E-state index contributed by atoms with van der Waals surface area (Å²) in [5.74, 6) is 0.0408. The molecule has 28 heavy (non-hydrogen) atoms. The maximum atomic E-state index is 12.2. The van der Waals surface area contributed by atoms with Crippen molar-refractivity contribution in [3.05, 3.63) is 54.1 Å². The van der Waals surface area contributed by atoms with Crippen LogP contribution in [0.3, 0.4) is 0 Å². The third kappa shape index (κ3) is 6.46. The van der Waals surface area contributed by atoms with Crippen LogP contribution in [0, 0.1) is 0 Å². The SMILES string of the molecule is COc1ccc2cc([C@H](C)C(=O)OC/C=C\COC(=O)OC(C)Cl)ccc2c1. The van der Waals surface area contributed by atoms with E-state index in [1.54, 1.807) is 26.2 Å². The Labute approximate surface area is 169 Å². The maximum absolute atomic E-state index is 12.2. The number of ether oxygens (including phenoxy) is 4. The first kappa shape index (κ1) is 21.6. The lowest BCUT2D eigenvalue weighted by Gasteiger charge is -2.12. The monoisotopic (exact) mass is 406 g/mol. The molecule has 0 aliphatic heterocycles. The summed E-state index contributed by atoms with van der Waals surface area (Å²) in [5.41, 5.74) is 0.115. The molecule has 0 radical (unpaired) electrons. The molecular weight excluding hydrogens is 384 g/mol. The minimum absolute atomic E-state index is 0.00365. The van der Waals surface area contributed by atoms with Gasteiger partial charge >= 0.3 is 12.1 Å². The highest BCUT2D eigenvalue weighted by Gasteiger charge is 2.16. The van der Waals surface area contributed by atoms with Gasteiger partial charge in [0.15, 0.2) is 5.56 Å². The number of carbonyl (C=O) groups is 2. The molecule has 0 bridgehead atoms. The van der Waals surface area contributed by atoms with Crippen molar-refractivity contribution in [1.82, 2.24) is 0 Å². The van der Waals surface area contributed by atoms with E-state index in [-0.39, 0.29) is 19.2 Å². The molecule has 2 rings (SSSR count). The van der Waals surface area contributed by atoms with Crippen LogP contribution in [0.5, 0.6) is 5.75 Å². The van der Waals surface area contributed by atoms with E-state index in [1.165, 1.54) is 6.92 Å². The Morgan fingerprint density at radius 1 is 1.00 bits per heavy atom. The molecule has 0 aliphatic carbocycles. The van der Waals surface area contributed by atoms with Gasteiger partial charge in [-0.2, -0.15) is 0 Å². The zero-order chi connectivity index (χ0) is 20.5. The van der Waals surface area contributed by atoms with E-state index >= 15 is 0 Å². The smallest absolute Gasteiger partial charge is 0.497 e. The summed E-state index contributed by atoms with van der Waals surface area (Å²) >= 11 is 5.49. The summed E-state index contributed by atoms with van der Waals surface area (Å²) in [6.07, 6.45) is 2.29. The second kappa shape index (κ2) is 10.6. The Hall–Kier alpha value is -2.73. The third-order valence-electron chi connectivity index (χ3n) is 3.97. The van der Waals surface area contributed by atoms with Gasteiger partial charge in [-0.25, -0.2) is 4.79 Å². The summed E-state index contributed by atoms with van der Waals surface area (Å²) in [7, 11) is 1.63. The fourth-order valence-electron chi connectivity index (χ4n) is 2.45. The number of carbonyl (C=O) groups excluding carboxylic acids is 2. The van der Waals surface area contributed by atoms with Gasteiger partial charge in [-0.05, 0) is 54.5 Å². The number of alkyl halides is 1. The van der Waals surface area contributed by atoms with Crippen LogP contribution in [-0.2, 0) is 19.0 Å². The largest absolute Gasteiger partial charge is 0.510 e. The molecule has 0 spiro atoms. The molecule has 2 atom stereocenters. The van der Waals surface area contributed by atoms with Gasteiger partial charge in [-0.1, -0.05) is 35.9 Å². The predicted octanol–water partition coefficient (Wildman–Crippen LogP) is 4.79. The van der Waals surface area contributed by atoms with Crippen molar-refractivity contribution in [2.24, 2.45) is 0 Å². The average molecular weight is 407 g/mol. The van der Waals surface area contributed by atoms with Crippen LogP contribution in [0.25, 0.3) is 10.8 Å². The fourth-order valence-corrected chi connectivity index (χ4v) is 2.52. The van der Waals surface area contributed by atoms with E-state index < -0.39 is 17.6 Å². The molecule has 0 fully saturated rings. The second-order valence-corrected chi connectivity index (χ2v) is 6.63. The molecule has 2 aromatic rings. The minimum Gasteiger partial charge on any atom is -0.497 e. The molecule has 0 saturated heterocycles. The molecule has 0 N–H and O–H groups in total. The Balaban J connectivity index is 1.83. The fraction of sp³-hybridized carbons (Fsp3) is 0.333. The Kier molecular flexibility index (Phi) is 8.14. The topological polar surface area (TPSA) is 71.1 Å². The first-order chi connectivity index (χ1) is 13.4. The van der Waals surface area contributed by atoms with Crippen LogP contribution < -0.4 is 4.74 Å². The highest BCUT2D eigenvalue weighted by molar-refractivity contribution is 6.19. The number of fused-ring (bicyclic) bond motifs is 1. The van der Waals surface area contributed by atoms with E-state index in [0.717, 1.165) is 22.1 Å². The van der Waals surface area contributed by atoms with Crippen molar-refractivity contribution in [3.63, 3.8) is 0 Å². The van der Waals surface area contributed by atoms with Gasteiger partial charge in [0.25, 0.3) is 0 Å². The first-order valence-electron chi connectivity index (χ1n) is 8.77. The molecule has 150 valence electrons. The summed E-state index contributed by atoms with van der Waals surface area (Å²) in [5, 5.41) is 2.06. The highest BCUT2D eigenvalue weighted by atomic mass is 35.5. The van der Waals surface area contributed by atoms with Gasteiger partial charge in [-0.15, -0.1) is 0 Å². The summed E-state index contributed by atoms with van der Waals surface area (Å²) < 4.78 is 19.8. The second-order valence-electron chi connectivity index (χ2n) is 6.02. The van der Waals surface area contributed by atoms with E-state index in [4.69, 9.17) is 25.8 Å². The highest BCUT2D eigenvalue weighted by Crippen LogP contribution is 2.25. The quantitative estimate of drug-likeness (QED) is 0.356. The van der Waals surface area contributed by atoms with Crippen LogP contribution >= 0.6 is 11.6 Å². The van der Waals surface area contributed by atoms with Crippen LogP contribution in [0.15, 0.2) is 48.6 Å². The van der Waals surface area contributed by atoms with Crippen LogP contribution in [0.1, 0.15) is 25.3 Å². The third-order valence-corrected chi connectivity index (χ3v) is 4.06. The van der Waals surface area contributed by atoms with Crippen molar-refractivity contribution in [2.45, 2.75) is 25.3 Å². The van der Waals surface area contributed by atoms with Crippen LogP contribution in [0.4, 0.5) is 4.79 Å². The maximum Gasteiger partial charge on any atom is 0.510 e. The number of hydrogen-bond acceptors (Lipinski definition) is 6. The Morgan fingerprint density at radius 2 is 1.64 bits per heavy atom. The molecule has 2 aromatic carbocycles. The molecule has 0 saturated carbocycles. The van der Waals surface area contributed by atoms with Gasteiger partial charge < -0.3 is 18.9 Å². The molecule has 7 heteroatoms. The lowest BCUT2D eigenvalue weighted by atomic mass is 9.98. The first-order valence-corrected chi connectivity index (χ1v) is 9.21. The lowest BCUT2D eigenvalue weighted by Crippen LogP contribution is -2.13. The molecule has 6 nitrogen and oxygen atoms in total. The molecule has 0 amide bonds. The van der Waals surface area contributed by atoms with Crippen LogP contribution in [0.2, 0.25) is 0 Å². The molecule has 1 unspecified atom stereocenters. The average Bonchev–Trinajstić information content (AvgIpc) is 2.68. The predicted molar refractivity (Wildman–Crippen MR) is 107 cm³/mol. The molecule has 0 aliphatic rings. The van der Waals surface area contributed by atoms with E-state index in [1.807, 2.05) is 36.4 Å². The lowest BCUT2D eigenvalue weighted by molar-refractivity contribution is -0.143. The van der Waals surface area contributed by atoms with Gasteiger partial charge in [0.2, 0.25) is 0 Å². The van der Waals surface area contributed by atoms with Gasteiger partial charge in [-0.3, -0.25) is 4.79 Å². The molecule has 0 aromatic heterocycles. The normalized spacial score (nSPS) is 13.1. The number of esters is 1.